The Balaban J connectivity index is 1.47. The number of nitrogens with zero attached hydrogens (tertiary/aromatic N) is 4. The first-order valence-corrected chi connectivity index (χ1v) is 17.0. The SMILES string of the molecule is Cc1c(N2CCN(Cc3ccc(C(F)(F)F)o3)CC2)c(=O)n(CCc2ccccc2OCC(=O)OC(C)(C)C)c(=O)n1Cc1c(F)cccc1C(F)(F)F. The normalized spacial score (nSPS) is 14.4. The number of ether oxygens (including phenoxy) is 2. The highest BCUT2D eigenvalue weighted by atomic mass is 19.4. The summed E-state index contributed by atoms with van der Waals surface area (Å²) in [6.45, 7) is 5.86. The van der Waals surface area contributed by atoms with Crippen molar-refractivity contribution in [3.8, 4) is 5.75 Å². The van der Waals surface area contributed by atoms with Crippen LogP contribution in [0.3, 0.4) is 0 Å². The number of benzene rings is 2. The lowest BCUT2D eigenvalue weighted by atomic mass is 10.1. The molecule has 0 amide bonds. The van der Waals surface area contributed by atoms with Crippen molar-refractivity contribution in [2.75, 3.05) is 37.7 Å². The maximum Gasteiger partial charge on any atom is 0.449 e. The molecule has 3 heterocycles. The molecule has 1 fully saturated rings. The summed E-state index contributed by atoms with van der Waals surface area (Å²) in [6.07, 6.45) is -9.57. The molecule has 0 unspecified atom stereocenters. The quantitative estimate of drug-likeness (QED) is 0.127. The van der Waals surface area contributed by atoms with Crippen LogP contribution in [0.4, 0.5) is 36.4 Å². The topological polar surface area (TPSA) is 99.2 Å². The van der Waals surface area contributed by atoms with E-state index in [0.717, 1.165) is 27.3 Å². The lowest BCUT2D eigenvalue weighted by Crippen LogP contribution is -2.51. The van der Waals surface area contributed by atoms with Gasteiger partial charge in [0.1, 0.15) is 28.6 Å². The Hall–Kier alpha value is -5.06. The van der Waals surface area contributed by atoms with Crippen LogP contribution in [-0.2, 0) is 47.9 Å². The monoisotopic (exact) mass is 768 g/mol. The fraction of sp³-hybridized carbons (Fsp3) is 0.432. The highest BCUT2D eigenvalue weighted by Gasteiger charge is 2.36. The summed E-state index contributed by atoms with van der Waals surface area (Å²) in [5, 5.41) is 0. The smallest absolute Gasteiger partial charge is 0.449 e. The van der Waals surface area contributed by atoms with E-state index < -0.39 is 71.0 Å². The summed E-state index contributed by atoms with van der Waals surface area (Å²) in [6, 6.07) is 11.1. The van der Waals surface area contributed by atoms with Gasteiger partial charge in [0.15, 0.2) is 6.61 Å². The average Bonchev–Trinajstić information content (AvgIpc) is 3.55. The van der Waals surface area contributed by atoms with Crippen molar-refractivity contribution in [1.82, 2.24) is 14.0 Å². The third-order valence-corrected chi connectivity index (χ3v) is 8.75. The standard InChI is InChI=1S/C37H39F7N4O6/c1-23-32(46-18-16-45(17-19-46)20-25-12-13-30(53-25)37(42,43)44)33(50)47(34(51)48(23)21-26-27(36(39,40)41)9-7-10-28(26)38)15-14-24-8-5-6-11-29(24)52-22-31(49)54-35(2,3)4/h5-13H,14-22H2,1-4H3. The molecule has 1 aliphatic heterocycles. The summed E-state index contributed by atoms with van der Waals surface area (Å²) in [5.74, 6) is -2.58. The van der Waals surface area contributed by atoms with Crippen LogP contribution in [0.1, 0.15) is 54.7 Å². The van der Waals surface area contributed by atoms with E-state index in [1.54, 1.807) is 49.9 Å². The van der Waals surface area contributed by atoms with Gasteiger partial charge in [-0.05, 0) is 70.0 Å². The first-order chi connectivity index (χ1) is 25.2. The second kappa shape index (κ2) is 15.7. The number of carbonyl (C=O) groups excluding carboxylic acids is 1. The zero-order valence-corrected chi connectivity index (χ0v) is 29.9. The molecule has 292 valence electrons. The van der Waals surface area contributed by atoms with Crippen LogP contribution >= 0.6 is 0 Å². The second-order valence-electron chi connectivity index (χ2n) is 13.8. The first kappa shape index (κ1) is 40.1. The van der Waals surface area contributed by atoms with Crippen molar-refractivity contribution in [2.45, 2.75) is 71.7 Å². The molecule has 0 bridgehead atoms. The minimum Gasteiger partial charge on any atom is -0.482 e. The van der Waals surface area contributed by atoms with Crippen molar-refractivity contribution in [2.24, 2.45) is 0 Å². The van der Waals surface area contributed by atoms with Gasteiger partial charge >= 0.3 is 24.0 Å². The predicted molar refractivity (Wildman–Crippen MR) is 183 cm³/mol. The number of carbonyl (C=O) groups is 1. The fourth-order valence-electron chi connectivity index (χ4n) is 6.23. The molecule has 1 aliphatic rings. The number of halogens is 7. The number of anilines is 1. The van der Waals surface area contributed by atoms with Crippen molar-refractivity contribution in [1.29, 1.82) is 0 Å². The van der Waals surface area contributed by atoms with Gasteiger partial charge < -0.3 is 18.8 Å². The van der Waals surface area contributed by atoms with Crippen molar-refractivity contribution >= 4 is 11.7 Å². The Bertz CT molecular complexity index is 2090. The van der Waals surface area contributed by atoms with Crippen molar-refractivity contribution < 1.29 is 49.4 Å². The summed E-state index contributed by atoms with van der Waals surface area (Å²) in [4.78, 5) is 43.9. The Morgan fingerprint density at radius 3 is 2.15 bits per heavy atom. The fourth-order valence-corrected chi connectivity index (χ4v) is 6.23. The second-order valence-corrected chi connectivity index (χ2v) is 13.8. The number of para-hydroxylation sites is 1. The maximum atomic E-state index is 15.1. The van der Waals surface area contributed by atoms with E-state index in [4.69, 9.17) is 13.9 Å². The number of piperazine rings is 1. The zero-order chi connectivity index (χ0) is 39.6. The molecule has 2 aromatic heterocycles. The molecule has 0 radical (unpaired) electrons. The molecule has 54 heavy (non-hydrogen) atoms. The summed E-state index contributed by atoms with van der Waals surface area (Å²) >= 11 is 0. The minimum absolute atomic E-state index is 0.00552. The number of rotatable bonds is 11. The maximum absolute atomic E-state index is 15.1. The molecule has 0 spiro atoms. The van der Waals surface area contributed by atoms with E-state index in [2.05, 4.69) is 0 Å². The van der Waals surface area contributed by atoms with Gasteiger partial charge in [-0.3, -0.25) is 18.8 Å². The number of esters is 1. The molecule has 0 atom stereocenters. The number of alkyl halides is 6. The Morgan fingerprint density at radius 1 is 0.833 bits per heavy atom. The molecular weight excluding hydrogens is 729 g/mol. The number of hydrogen-bond donors (Lipinski definition) is 0. The minimum atomic E-state index is -4.94. The van der Waals surface area contributed by atoms with Gasteiger partial charge in [-0.2, -0.15) is 26.3 Å². The van der Waals surface area contributed by atoms with Gasteiger partial charge in [0, 0.05) is 44.0 Å². The molecule has 5 rings (SSSR count). The molecule has 0 saturated carbocycles. The molecule has 10 nitrogen and oxygen atoms in total. The molecule has 0 aliphatic carbocycles. The van der Waals surface area contributed by atoms with Crippen LogP contribution in [0.25, 0.3) is 0 Å². The van der Waals surface area contributed by atoms with E-state index in [1.807, 2.05) is 4.90 Å². The van der Waals surface area contributed by atoms with Crippen LogP contribution in [0, 0.1) is 12.7 Å². The highest BCUT2D eigenvalue weighted by molar-refractivity contribution is 5.71. The Morgan fingerprint density at radius 2 is 1.52 bits per heavy atom. The lowest BCUT2D eigenvalue weighted by molar-refractivity contribution is -0.157. The van der Waals surface area contributed by atoms with E-state index in [1.165, 1.54) is 13.0 Å². The van der Waals surface area contributed by atoms with E-state index >= 15 is 4.39 Å². The van der Waals surface area contributed by atoms with Crippen molar-refractivity contribution in [3.63, 3.8) is 0 Å². The van der Waals surface area contributed by atoms with Gasteiger partial charge in [-0.15, -0.1) is 0 Å². The van der Waals surface area contributed by atoms with Crippen LogP contribution in [0.5, 0.6) is 5.75 Å². The van der Waals surface area contributed by atoms with Gasteiger partial charge in [-0.25, -0.2) is 14.0 Å². The number of furan rings is 1. The molecular formula is C37H39F7N4O6. The zero-order valence-electron chi connectivity index (χ0n) is 29.9. The Kier molecular flexibility index (Phi) is 11.7. The van der Waals surface area contributed by atoms with Gasteiger partial charge in [0.05, 0.1) is 18.7 Å². The summed E-state index contributed by atoms with van der Waals surface area (Å²) in [5.41, 5.74) is -3.99. The predicted octanol–water partition coefficient (Wildman–Crippen LogP) is 6.42. The van der Waals surface area contributed by atoms with Crippen molar-refractivity contribution in [3.05, 3.63) is 115 Å². The summed E-state index contributed by atoms with van der Waals surface area (Å²) < 4.78 is 114. The molecule has 1 saturated heterocycles. The number of aryl methyl sites for hydroxylation is 1. The molecule has 4 aromatic rings. The largest absolute Gasteiger partial charge is 0.482 e. The van der Waals surface area contributed by atoms with Crippen LogP contribution < -0.4 is 20.9 Å². The molecule has 2 aromatic carbocycles. The molecule has 17 heteroatoms. The lowest BCUT2D eigenvalue weighted by Gasteiger charge is -2.36. The molecule has 0 N–H and O–H groups in total. The van der Waals surface area contributed by atoms with Gasteiger partial charge in [-0.1, -0.05) is 24.3 Å². The van der Waals surface area contributed by atoms with Gasteiger partial charge in [0.25, 0.3) is 5.56 Å². The van der Waals surface area contributed by atoms with E-state index in [-0.39, 0.29) is 68.6 Å². The van der Waals surface area contributed by atoms with Crippen LogP contribution in [0.15, 0.2) is 68.6 Å². The van der Waals surface area contributed by atoms with Crippen LogP contribution in [-0.4, -0.2) is 58.4 Å². The number of hydrogen-bond acceptors (Lipinski definition) is 8. The first-order valence-electron chi connectivity index (χ1n) is 17.0. The van der Waals surface area contributed by atoms with Crippen LogP contribution in [0.2, 0.25) is 0 Å². The third kappa shape index (κ3) is 9.53. The average molecular weight is 769 g/mol. The van der Waals surface area contributed by atoms with Gasteiger partial charge in [0.2, 0.25) is 5.76 Å². The Labute approximate surface area is 305 Å². The summed E-state index contributed by atoms with van der Waals surface area (Å²) in [7, 11) is 0. The highest BCUT2D eigenvalue weighted by Crippen LogP contribution is 2.34. The third-order valence-electron chi connectivity index (χ3n) is 8.75. The van der Waals surface area contributed by atoms with E-state index in [9.17, 15) is 40.7 Å². The number of aromatic nitrogens is 2. The van der Waals surface area contributed by atoms with E-state index in [0.29, 0.717) is 11.6 Å².